The molecular weight excluding hydrogens is 496 g/mol. The van der Waals surface area contributed by atoms with E-state index in [0.717, 1.165) is 39.4 Å². The molecule has 0 aliphatic carbocycles. The normalized spacial score (nSPS) is 18.8. The molecule has 3 aromatic rings. The topological polar surface area (TPSA) is 83.4 Å². The Hall–Kier alpha value is -3.91. The SMILES string of the molecule is COc1ccc(C2=NN(C3=NC(=O)C(CC(=O)Nc4ccc(C)c(C)c4)S3)C(c3ccc(C)cc3)C2)cc1. The van der Waals surface area contributed by atoms with Crippen molar-refractivity contribution in [3.8, 4) is 5.75 Å². The van der Waals surface area contributed by atoms with E-state index in [1.54, 1.807) is 7.11 Å². The molecule has 0 saturated carbocycles. The Morgan fingerprint density at radius 3 is 2.45 bits per heavy atom. The van der Waals surface area contributed by atoms with Gasteiger partial charge < -0.3 is 10.1 Å². The minimum Gasteiger partial charge on any atom is -0.497 e. The van der Waals surface area contributed by atoms with Crippen LogP contribution in [-0.4, -0.2) is 40.1 Å². The van der Waals surface area contributed by atoms with Crippen LogP contribution in [0.1, 0.15) is 46.7 Å². The quantitative estimate of drug-likeness (QED) is 0.439. The first-order valence-electron chi connectivity index (χ1n) is 12.5. The number of anilines is 1. The van der Waals surface area contributed by atoms with Crippen molar-refractivity contribution in [1.82, 2.24) is 5.01 Å². The molecule has 3 aromatic carbocycles. The molecule has 0 bridgehead atoms. The van der Waals surface area contributed by atoms with Gasteiger partial charge in [0, 0.05) is 18.5 Å². The lowest BCUT2D eigenvalue weighted by atomic mass is 9.98. The van der Waals surface area contributed by atoms with Gasteiger partial charge in [-0.25, -0.2) is 5.01 Å². The number of ether oxygens (including phenoxy) is 1. The number of carbonyl (C=O) groups excluding carboxylic acids is 2. The maximum Gasteiger partial charge on any atom is 0.262 e. The lowest BCUT2D eigenvalue weighted by Gasteiger charge is -2.23. The molecule has 2 amide bonds. The Labute approximate surface area is 227 Å². The Morgan fingerprint density at radius 1 is 1.03 bits per heavy atom. The van der Waals surface area contributed by atoms with Gasteiger partial charge in [0.1, 0.15) is 11.0 Å². The molecule has 38 heavy (non-hydrogen) atoms. The first-order valence-corrected chi connectivity index (χ1v) is 13.4. The number of hydrogen-bond acceptors (Lipinski definition) is 6. The van der Waals surface area contributed by atoms with Gasteiger partial charge in [0.2, 0.25) is 5.91 Å². The number of nitrogens with one attached hydrogen (secondary N) is 1. The molecular formula is C30H30N4O3S. The van der Waals surface area contributed by atoms with Crippen LogP contribution in [0, 0.1) is 20.8 Å². The number of hydrogen-bond donors (Lipinski definition) is 1. The molecule has 5 rings (SSSR count). The van der Waals surface area contributed by atoms with Gasteiger partial charge >= 0.3 is 0 Å². The Morgan fingerprint density at radius 2 is 1.76 bits per heavy atom. The minimum absolute atomic E-state index is 0.0432. The van der Waals surface area contributed by atoms with Gasteiger partial charge in [-0.15, -0.1) is 0 Å². The predicted octanol–water partition coefficient (Wildman–Crippen LogP) is 5.80. The highest BCUT2D eigenvalue weighted by Gasteiger charge is 2.39. The molecule has 2 atom stereocenters. The van der Waals surface area contributed by atoms with Crippen LogP contribution in [-0.2, 0) is 9.59 Å². The molecule has 2 aliphatic heterocycles. The van der Waals surface area contributed by atoms with Gasteiger partial charge in [0.25, 0.3) is 5.91 Å². The highest BCUT2D eigenvalue weighted by atomic mass is 32.2. The van der Waals surface area contributed by atoms with Crippen LogP contribution < -0.4 is 10.1 Å². The number of hydrazone groups is 1. The smallest absolute Gasteiger partial charge is 0.262 e. The van der Waals surface area contributed by atoms with Crippen LogP contribution in [0.25, 0.3) is 0 Å². The summed E-state index contributed by atoms with van der Waals surface area (Å²) in [6.07, 6.45) is 0.711. The van der Waals surface area contributed by atoms with Crippen LogP contribution in [0.2, 0.25) is 0 Å². The molecule has 7 nitrogen and oxygen atoms in total. The van der Waals surface area contributed by atoms with Gasteiger partial charge in [-0.2, -0.15) is 10.1 Å². The van der Waals surface area contributed by atoms with Crippen molar-refractivity contribution in [3.63, 3.8) is 0 Å². The predicted molar refractivity (Wildman–Crippen MR) is 153 cm³/mol. The van der Waals surface area contributed by atoms with Crippen molar-refractivity contribution in [2.75, 3.05) is 12.4 Å². The number of nitrogens with zero attached hydrogens (tertiary/aromatic N) is 3. The Balaban J connectivity index is 1.34. The van der Waals surface area contributed by atoms with E-state index in [9.17, 15) is 9.59 Å². The van der Waals surface area contributed by atoms with Crippen molar-refractivity contribution >= 4 is 40.1 Å². The fourth-order valence-corrected chi connectivity index (χ4v) is 5.56. The van der Waals surface area contributed by atoms with Gasteiger partial charge in [-0.1, -0.05) is 47.7 Å². The average molecular weight is 527 g/mol. The largest absolute Gasteiger partial charge is 0.497 e. The molecule has 8 heteroatoms. The molecule has 2 aliphatic rings. The second-order valence-electron chi connectivity index (χ2n) is 9.64. The second-order valence-corrected chi connectivity index (χ2v) is 10.8. The van der Waals surface area contributed by atoms with E-state index in [1.165, 1.54) is 17.3 Å². The number of benzene rings is 3. The third-order valence-corrected chi connectivity index (χ3v) is 8.02. The summed E-state index contributed by atoms with van der Waals surface area (Å²) >= 11 is 1.30. The van der Waals surface area contributed by atoms with Crippen molar-refractivity contribution in [3.05, 3.63) is 94.5 Å². The lowest BCUT2D eigenvalue weighted by molar-refractivity contribution is -0.121. The molecule has 1 N–H and O–H groups in total. The van der Waals surface area contributed by atoms with E-state index in [0.29, 0.717) is 11.6 Å². The summed E-state index contributed by atoms with van der Waals surface area (Å²) in [4.78, 5) is 30.0. The van der Waals surface area contributed by atoms with Crippen molar-refractivity contribution in [2.24, 2.45) is 10.1 Å². The van der Waals surface area contributed by atoms with Crippen LogP contribution in [0.15, 0.2) is 76.8 Å². The summed E-state index contributed by atoms with van der Waals surface area (Å²) in [5, 5.41) is 9.60. The summed E-state index contributed by atoms with van der Waals surface area (Å²) < 4.78 is 5.30. The van der Waals surface area contributed by atoms with Gasteiger partial charge in [0.15, 0.2) is 5.17 Å². The highest BCUT2D eigenvalue weighted by Crippen LogP contribution is 2.39. The average Bonchev–Trinajstić information content (AvgIpc) is 3.51. The van der Waals surface area contributed by atoms with Crippen molar-refractivity contribution in [2.45, 2.75) is 44.9 Å². The number of methoxy groups -OCH3 is 1. The van der Waals surface area contributed by atoms with E-state index >= 15 is 0 Å². The molecule has 2 heterocycles. The summed E-state index contributed by atoms with van der Waals surface area (Å²) in [5.74, 6) is 0.257. The fraction of sp³-hybridized carbons (Fsp3) is 0.267. The maximum atomic E-state index is 12.9. The van der Waals surface area contributed by atoms with E-state index in [-0.39, 0.29) is 24.3 Å². The number of aryl methyl sites for hydroxylation is 3. The highest BCUT2D eigenvalue weighted by molar-refractivity contribution is 8.15. The number of rotatable bonds is 6. The van der Waals surface area contributed by atoms with Crippen molar-refractivity contribution < 1.29 is 14.3 Å². The van der Waals surface area contributed by atoms with E-state index in [2.05, 4.69) is 41.5 Å². The van der Waals surface area contributed by atoms with Crippen LogP contribution in [0.3, 0.4) is 0 Å². The molecule has 0 spiro atoms. The summed E-state index contributed by atoms with van der Waals surface area (Å²) in [6.45, 7) is 6.08. The zero-order valence-corrected chi connectivity index (χ0v) is 22.7. The van der Waals surface area contributed by atoms with Crippen LogP contribution in [0.5, 0.6) is 5.75 Å². The zero-order chi connectivity index (χ0) is 26.8. The van der Waals surface area contributed by atoms with Gasteiger partial charge in [-0.3, -0.25) is 9.59 Å². The number of aliphatic imine (C=N–C) groups is 1. The molecule has 0 fully saturated rings. The van der Waals surface area contributed by atoms with Crippen LogP contribution in [0.4, 0.5) is 5.69 Å². The molecule has 0 saturated heterocycles. The Bertz CT molecular complexity index is 1430. The summed E-state index contributed by atoms with van der Waals surface area (Å²) in [5.41, 5.74) is 7.14. The van der Waals surface area contributed by atoms with E-state index in [4.69, 9.17) is 9.84 Å². The van der Waals surface area contributed by atoms with Gasteiger partial charge in [0.05, 0.1) is 18.9 Å². The summed E-state index contributed by atoms with van der Waals surface area (Å²) in [6, 6.07) is 21.8. The van der Waals surface area contributed by atoms with E-state index < -0.39 is 5.25 Å². The van der Waals surface area contributed by atoms with E-state index in [1.807, 2.05) is 61.3 Å². The van der Waals surface area contributed by atoms with Crippen molar-refractivity contribution in [1.29, 1.82) is 0 Å². The number of amides is 2. The van der Waals surface area contributed by atoms with Gasteiger partial charge in [-0.05, 0) is 79.4 Å². The lowest BCUT2D eigenvalue weighted by Crippen LogP contribution is -2.25. The molecule has 2 unspecified atom stereocenters. The van der Waals surface area contributed by atoms with Crippen LogP contribution >= 0.6 is 11.8 Å². The second kappa shape index (κ2) is 10.8. The standard InChI is InChI=1S/C30H30N4O3S/c1-18-5-8-22(9-6-18)26-16-25(21-10-13-24(37-4)14-11-21)33-34(26)30-32-29(36)27(38-30)17-28(35)31-23-12-7-19(2)20(3)15-23/h5-15,26-27H,16-17H2,1-4H3,(H,31,35). The Kier molecular flexibility index (Phi) is 7.33. The monoisotopic (exact) mass is 526 g/mol. The maximum absolute atomic E-state index is 12.9. The zero-order valence-electron chi connectivity index (χ0n) is 21.9. The number of amidine groups is 1. The third-order valence-electron chi connectivity index (χ3n) is 6.88. The number of carbonyl (C=O) groups is 2. The fourth-order valence-electron chi connectivity index (χ4n) is 4.50. The minimum atomic E-state index is -0.588. The first kappa shape index (κ1) is 25.7. The molecule has 0 aromatic heterocycles. The first-order chi connectivity index (χ1) is 18.3. The number of thioether (sulfide) groups is 1. The third kappa shape index (κ3) is 5.50. The summed E-state index contributed by atoms with van der Waals surface area (Å²) in [7, 11) is 1.64. The molecule has 0 radical (unpaired) electrons. The molecule has 194 valence electrons.